The molecule has 1 aromatic carbocycles. The highest BCUT2D eigenvalue weighted by Gasteiger charge is 2.36. The number of halogens is 3. The lowest BCUT2D eigenvalue weighted by molar-refractivity contribution is -0.145. The number of hydrogen-bond donors (Lipinski definition) is 2. The summed E-state index contributed by atoms with van der Waals surface area (Å²) in [6, 6.07) is 6.69. The first-order chi connectivity index (χ1) is 17.5. The van der Waals surface area contributed by atoms with Gasteiger partial charge in [0, 0.05) is 6.54 Å². The minimum Gasteiger partial charge on any atom is -0.481 e. The Kier molecular flexibility index (Phi) is 9.89. The van der Waals surface area contributed by atoms with Crippen molar-refractivity contribution in [3.05, 3.63) is 35.9 Å². The van der Waals surface area contributed by atoms with Crippen LogP contribution in [0.4, 0.5) is 10.7 Å². The Morgan fingerprint density at radius 1 is 1.16 bits per heavy atom. The van der Waals surface area contributed by atoms with Crippen molar-refractivity contribution in [3.8, 4) is 0 Å². The molecule has 1 aliphatic heterocycles. The van der Waals surface area contributed by atoms with Gasteiger partial charge in [-0.3, -0.25) is 9.59 Å². The Labute approximate surface area is 225 Å². The fraction of sp³-hybridized carbons (Fsp3) is 0.476. The number of carbonyl (C=O) groups excluding carboxylic acids is 3. The second-order valence-electron chi connectivity index (χ2n) is 8.02. The number of alkyl carbamates (subject to hydrolysis) is 1. The summed E-state index contributed by atoms with van der Waals surface area (Å²) < 4.78 is 8.36. The molecular weight excluding hydrogens is 555 g/mol. The molecule has 1 aliphatic rings. The van der Waals surface area contributed by atoms with Crippen LogP contribution in [-0.4, -0.2) is 78.2 Å². The Morgan fingerprint density at radius 3 is 2.57 bits per heavy atom. The van der Waals surface area contributed by atoms with Gasteiger partial charge in [-0.15, -0.1) is 5.10 Å². The van der Waals surface area contributed by atoms with Gasteiger partial charge in [0.2, 0.25) is 3.79 Å². The summed E-state index contributed by atoms with van der Waals surface area (Å²) >= 11 is 16.9. The van der Waals surface area contributed by atoms with E-state index in [2.05, 4.69) is 20.7 Å². The highest BCUT2D eigenvalue weighted by molar-refractivity contribution is 6.67. The molecule has 0 radical (unpaired) electrons. The molecule has 0 aliphatic carbocycles. The number of nitrogens with one attached hydrogen (secondary N) is 1. The number of esters is 1. The molecule has 16 heteroatoms. The lowest BCUT2D eigenvalue weighted by atomic mass is 10.1. The SMILES string of the molecule is O=C(O)CC(NC(=O)OCc1ccccc1)C(=O)Cn1nnc(N2CCC[C@H]2C(=O)OCC(Cl)(Cl)Cl)n1. The molecule has 2 heterocycles. The monoisotopic (exact) mass is 576 g/mol. The molecule has 1 unspecified atom stereocenters. The van der Waals surface area contributed by atoms with Gasteiger partial charge in [0.25, 0.3) is 5.95 Å². The second-order valence-corrected chi connectivity index (χ2v) is 10.5. The predicted molar refractivity (Wildman–Crippen MR) is 130 cm³/mol. The zero-order chi connectivity index (χ0) is 27.0. The number of amides is 1. The van der Waals surface area contributed by atoms with Crippen molar-refractivity contribution >= 4 is 64.6 Å². The molecule has 37 heavy (non-hydrogen) atoms. The van der Waals surface area contributed by atoms with Crippen molar-refractivity contribution in [3.63, 3.8) is 0 Å². The predicted octanol–water partition coefficient (Wildman–Crippen LogP) is 1.89. The molecule has 1 saturated heterocycles. The fourth-order valence-corrected chi connectivity index (χ4v) is 3.66. The second kappa shape index (κ2) is 12.9. The van der Waals surface area contributed by atoms with E-state index in [4.69, 9.17) is 44.3 Å². The van der Waals surface area contributed by atoms with Crippen LogP contribution >= 0.6 is 34.8 Å². The molecule has 1 aromatic heterocycles. The maximum absolute atomic E-state index is 12.8. The highest BCUT2D eigenvalue weighted by atomic mass is 35.6. The van der Waals surface area contributed by atoms with E-state index in [1.807, 2.05) is 0 Å². The van der Waals surface area contributed by atoms with Crippen LogP contribution in [-0.2, 0) is 37.0 Å². The molecule has 3 rings (SSSR count). The largest absolute Gasteiger partial charge is 0.481 e. The Bertz CT molecular complexity index is 1110. The van der Waals surface area contributed by atoms with E-state index >= 15 is 0 Å². The van der Waals surface area contributed by atoms with E-state index in [1.54, 1.807) is 35.2 Å². The Morgan fingerprint density at radius 2 is 1.89 bits per heavy atom. The van der Waals surface area contributed by atoms with Crippen LogP contribution in [0.2, 0.25) is 0 Å². The van der Waals surface area contributed by atoms with Crippen molar-refractivity contribution in [1.29, 1.82) is 0 Å². The van der Waals surface area contributed by atoms with E-state index in [0.29, 0.717) is 19.4 Å². The topological polar surface area (TPSA) is 166 Å². The number of alkyl halides is 3. The number of tetrazole rings is 1. The number of anilines is 1. The molecular formula is C21H23Cl3N6O7. The molecule has 0 bridgehead atoms. The number of carbonyl (C=O) groups is 4. The van der Waals surface area contributed by atoms with Gasteiger partial charge in [-0.25, -0.2) is 9.59 Å². The number of carboxylic acid groups (broad SMARTS) is 1. The van der Waals surface area contributed by atoms with E-state index in [0.717, 1.165) is 10.4 Å². The summed E-state index contributed by atoms with van der Waals surface area (Å²) in [6.07, 6.45) is -0.549. The summed E-state index contributed by atoms with van der Waals surface area (Å²) in [5, 5.41) is 23.2. The summed E-state index contributed by atoms with van der Waals surface area (Å²) in [7, 11) is 0. The number of aromatic nitrogens is 4. The van der Waals surface area contributed by atoms with Crippen molar-refractivity contribution in [2.24, 2.45) is 0 Å². The number of aliphatic carboxylic acids is 1. The molecule has 0 spiro atoms. The summed E-state index contributed by atoms with van der Waals surface area (Å²) in [5.74, 6) is -2.56. The molecule has 1 fully saturated rings. The number of Topliss-reactive ketones (excluding diaryl/α,β-unsaturated/α-hetero) is 1. The van der Waals surface area contributed by atoms with Gasteiger partial charge in [0.1, 0.15) is 31.8 Å². The third-order valence-electron chi connectivity index (χ3n) is 5.17. The lowest BCUT2D eigenvalue weighted by Crippen LogP contribution is -2.44. The quantitative estimate of drug-likeness (QED) is 0.296. The fourth-order valence-electron chi connectivity index (χ4n) is 3.49. The molecule has 2 N–H and O–H groups in total. The number of carboxylic acids is 1. The van der Waals surface area contributed by atoms with Gasteiger partial charge in [0.05, 0.1) is 6.42 Å². The summed E-state index contributed by atoms with van der Waals surface area (Å²) in [6.45, 7) is -0.555. The Balaban J connectivity index is 1.59. The average Bonchev–Trinajstić information content (AvgIpc) is 3.50. The molecule has 2 atom stereocenters. The number of ether oxygens (including phenoxy) is 2. The number of hydrogen-bond acceptors (Lipinski definition) is 10. The van der Waals surface area contributed by atoms with Gasteiger partial charge in [-0.1, -0.05) is 70.2 Å². The van der Waals surface area contributed by atoms with Crippen molar-refractivity contribution in [2.45, 2.75) is 48.3 Å². The molecule has 2 aromatic rings. The molecule has 13 nitrogen and oxygen atoms in total. The van der Waals surface area contributed by atoms with Crippen LogP contribution in [0.5, 0.6) is 0 Å². The summed E-state index contributed by atoms with van der Waals surface area (Å²) in [4.78, 5) is 51.1. The van der Waals surface area contributed by atoms with E-state index in [-0.39, 0.29) is 12.6 Å². The maximum Gasteiger partial charge on any atom is 0.408 e. The van der Waals surface area contributed by atoms with E-state index < -0.39 is 59.3 Å². The molecule has 0 saturated carbocycles. The molecule has 1 amide bonds. The number of benzene rings is 1. The zero-order valence-electron chi connectivity index (χ0n) is 19.3. The third kappa shape index (κ3) is 9.02. The normalized spacial score (nSPS) is 16.2. The van der Waals surface area contributed by atoms with Crippen LogP contribution in [0.15, 0.2) is 30.3 Å². The number of rotatable bonds is 11. The van der Waals surface area contributed by atoms with Gasteiger partial charge >= 0.3 is 18.0 Å². The minimum atomic E-state index is -1.75. The maximum atomic E-state index is 12.8. The van der Waals surface area contributed by atoms with Gasteiger partial charge in [0.15, 0.2) is 5.78 Å². The first-order valence-corrected chi connectivity index (χ1v) is 12.1. The minimum absolute atomic E-state index is 0.0598. The lowest BCUT2D eigenvalue weighted by Gasteiger charge is -2.22. The van der Waals surface area contributed by atoms with Gasteiger partial charge in [-0.2, -0.15) is 4.80 Å². The first-order valence-electron chi connectivity index (χ1n) is 11.0. The summed E-state index contributed by atoms with van der Waals surface area (Å²) in [5.41, 5.74) is 0.717. The van der Waals surface area contributed by atoms with E-state index in [9.17, 15) is 24.3 Å². The third-order valence-corrected chi connectivity index (χ3v) is 5.50. The van der Waals surface area contributed by atoms with Crippen LogP contribution in [0.3, 0.4) is 0 Å². The molecule has 200 valence electrons. The number of nitrogens with zero attached hydrogens (tertiary/aromatic N) is 5. The average molecular weight is 578 g/mol. The first kappa shape index (κ1) is 28.4. The Hall–Kier alpha value is -3.16. The zero-order valence-corrected chi connectivity index (χ0v) is 21.5. The smallest absolute Gasteiger partial charge is 0.408 e. The number of ketones is 1. The van der Waals surface area contributed by atoms with Crippen molar-refractivity contribution in [1.82, 2.24) is 25.5 Å². The van der Waals surface area contributed by atoms with Crippen LogP contribution in [0, 0.1) is 0 Å². The highest BCUT2D eigenvalue weighted by Crippen LogP contribution is 2.28. The standard InChI is InChI=1S/C21H23Cl3N6O7/c22-21(23,24)12-37-18(34)15-7-4-8-29(15)19-26-28-30(27-19)10-16(31)14(9-17(32)33)25-20(35)36-11-13-5-2-1-3-6-13/h1-3,5-6,14-15H,4,7-12H2,(H,25,35)(H,32,33)/t14?,15-/m0/s1. The van der Waals surface area contributed by atoms with Crippen molar-refractivity contribution in [2.75, 3.05) is 18.1 Å². The van der Waals surface area contributed by atoms with Crippen LogP contribution in [0.1, 0.15) is 24.8 Å². The van der Waals surface area contributed by atoms with E-state index in [1.165, 1.54) is 0 Å². The van der Waals surface area contributed by atoms with Gasteiger partial charge in [-0.05, 0) is 23.6 Å². The van der Waals surface area contributed by atoms with Crippen LogP contribution < -0.4 is 10.2 Å². The van der Waals surface area contributed by atoms with Gasteiger partial charge < -0.3 is 24.8 Å². The van der Waals surface area contributed by atoms with Crippen molar-refractivity contribution < 1.29 is 33.8 Å². The van der Waals surface area contributed by atoms with Crippen LogP contribution in [0.25, 0.3) is 0 Å².